The van der Waals surface area contributed by atoms with E-state index in [1.54, 1.807) is 13.0 Å². The number of carbonyl (C=O) groups is 5. The standard InChI is InChI=1S/C26H28N4O5.C3H7NO/c27-24(32)13-11-21(23(31)12-14-25(28)33)29-26(34)15-10-20-16-22(30-35-20)19-8-6-18(7-9-19)17-4-2-1-3-5-17;1-2-3(4)5/h1-9,16,21H,10-15H2,(H2,27,32)(H2,28,33)(H,29,34);2H2,1H3,(H2,4,5)/t21-;/m0./s1. The van der Waals surface area contributed by atoms with Crippen LogP contribution in [0.5, 0.6) is 0 Å². The summed E-state index contributed by atoms with van der Waals surface area (Å²) in [5.41, 5.74) is 18.6. The van der Waals surface area contributed by atoms with Crippen LogP contribution in [0.25, 0.3) is 22.4 Å². The van der Waals surface area contributed by atoms with Gasteiger partial charge in [-0.1, -0.05) is 66.7 Å². The molecule has 11 nitrogen and oxygen atoms in total. The third-order valence-electron chi connectivity index (χ3n) is 5.81. The van der Waals surface area contributed by atoms with Gasteiger partial charge in [0, 0.05) is 50.2 Å². The molecule has 0 saturated heterocycles. The molecule has 3 rings (SSSR count). The molecule has 11 heteroatoms. The molecule has 0 bridgehead atoms. The Labute approximate surface area is 232 Å². The Hall–Kier alpha value is -4.80. The molecule has 0 spiro atoms. The Bertz CT molecular complexity index is 1290. The number of aryl methyl sites for hydroxylation is 1. The molecule has 0 fully saturated rings. The number of benzene rings is 2. The number of Topliss-reactive ketones (excluding diaryl/α,β-unsaturated/α-hetero) is 1. The lowest BCUT2D eigenvalue weighted by Crippen LogP contribution is -2.41. The first-order chi connectivity index (χ1) is 19.1. The number of aromatic nitrogens is 1. The van der Waals surface area contributed by atoms with Crippen molar-refractivity contribution < 1.29 is 28.5 Å². The van der Waals surface area contributed by atoms with E-state index in [-0.39, 0.29) is 50.2 Å². The average Bonchev–Trinajstić information content (AvgIpc) is 3.42. The monoisotopic (exact) mass is 549 g/mol. The van der Waals surface area contributed by atoms with Crippen LogP contribution in [0.2, 0.25) is 0 Å². The fraction of sp³-hybridized carbons (Fsp3) is 0.310. The van der Waals surface area contributed by atoms with E-state index in [2.05, 4.69) is 16.2 Å². The molecule has 4 amide bonds. The topological polar surface area (TPSA) is 201 Å². The number of nitrogens with one attached hydrogen (secondary N) is 1. The molecule has 1 heterocycles. The first kappa shape index (κ1) is 31.4. The summed E-state index contributed by atoms with van der Waals surface area (Å²) in [4.78, 5) is 56.4. The van der Waals surface area contributed by atoms with Crippen LogP contribution >= 0.6 is 0 Å². The Balaban J connectivity index is 0.00000103. The van der Waals surface area contributed by atoms with Crippen LogP contribution in [0.4, 0.5) is 0 Å². The molecule has 0 unspecified atom stereocenters. The van der Waals surface area contributed by atoms with Crippen LogP contribution in [-0.2, 0) is 30.4 Å². The van der Waals surface area contributed by atoms with E-state index in [0.29, 0.717) is 17.9 Å². The van der Waals surface area contributed by atoms with Gasteiger partial charge in [0.25, 0.3) is 0 Å². The van der Waals surface area contributed by atoms with Crippen molar-refractivity contribution in [3.63, 3.8) is 0 Å². The first-order valence-electron chi connectivity index (χ1n) is 12.9. The second-order valence-corrected chi connectivity index (χ2v) is 9.00. The summed E-state index contributed by atoms with van der Waals surface area (Å²) in [6.07, 6.45) is 0.519. The number of nitrogens with zero attached hydrogens (tertiary/aromatic N) is 1. The molecular weight excluding hydrogens is 514 g/mol. The Morgan fingerprint density at radius 1 is 0.775 bits per heavy atom. The lowest BCUT2D eigenvalue weighted by molar-refractivity contribution is -0.129. The molecule has 7 N–H and O–H groups in total. The second-order valence-electron chi connectivity index (χ2n) is 9.00. The molecule has 2 aromatic carbocycles. The molecular formula is C29H35N5O6. The SMILES string of the molecule is CCC(N)=O.NC(=O)CCC(=O)[C@H](CCC(N)=O)NC(=O)CCc1cc(-c2ccc(-c3ccccc3)cc2)no1. The summed E-state index contributed by atoms with van der Waals surface area (Å²) in [5, 5.41) is 6.71. The highest BCUT2D eigenvalue weighted by atomic mass is 16.5. The van der Waals surface area contributed by atoms with Gasteiger partial charge >= 0.3 is 0 Å². The van der Waals surface area contributed by atoms with Gasteiger partial charge in [-0.15, -0.1) is 0 Å². The summed E-state index contributed by atoms with van der Waals surface area (Å²) in [6, 6.07) is 18.8. The molecule has 3 aromatic rings. The minimum atomic E-state index is -0.914. The van der Waals surface area contributed by atoms with Crippen molar-refractivity contribution in [1.29, 1.82) is 0 Å². The molecule has 212 valence electrons. The van der Waals surface area contributed by atoms with E-state index >= 15 is 0 Å². The number of hydrogen-bond acceptors (Lipinski definition) is 7. The predicted molar refractivity (Wildman–Crippen MR) is 149 cm³/mol. The zero-order chi connectivity index (χ0) is 29.5. The summed E-state index contributed by atoms with van der Waals surface area (Å²) in [6.45, 7) is 1.72. The van der Waals surface area contributed by atoms with Crippen LogP contribution in [0, 0.1) is 0 Å². The van der Waals surface area contributed by atoms with Gasteiger partial charge in [-0.05, 0) is 17.5 Å². The van der Waals surface area contributed by atoms with Crippen molar-refractivity contribution >= 4 is 29.4 Å². The van der Waals surface area contributed by atoms with Crippen LogP contribution in [-0.4, -0.2) is 40.6 Å². The van der Waals surface area contributed by atoms with E-state index in [9.17, 15) is 24.0 Å². The van der Waals surface area contributed by atoms with Gasteiger partial charge in [0.05, 0.1) is 6.04 Å². The molecule has 0 aliphatic rings. The maximum absolute atomic E-state index is 12.4. The Morgan fingerprint density at radius 3 is 1.93 bits per heavy atom. The van der Waals surface area contributed by atoms with Crippen molar-refractivity contribution in [2.45, 2.75) is 57.9 Å². The summed E-state index contributed by atoms with van der Waals surface area (Å²) in [7, 11) is 0. The number of primary amides is 3. The third-order valence-corrected chi connectivity index (χ3v) is 5.81. The minimum Gasteiger partial charge on any atom is -0.370 e. The number of nitrogens with two attached hydrogens (primary N) is 3. The molecule has 40 heavy (non-hydrogen) atoms. The quantitative estimate of drug-likeness (QED) is 0.236. The second kappa shape index (κ2) is 16.2. The summed E-state index contributed by atoms with van der Waals surface area (Å²) in [5.74, 6) is -1.69. The van der Waals surface area contributed by atoms with Gasteiger partial charge in [0.15, 0.2) is 5.78 Å². The Morgan fingerprint density at radius 2 is 1.35 bits per heavy atom. The van der Waals surface area contributed by atoms with Gasteiger partial charge < -0.3 is 27.0 Å². The van der Waals surface area contributed by atoms with E-state index in [1.165, 1.54) is 0 Å². The number of amides is 4. The fourth-order valence-electron chi connectivity index (χ4n) is 3.55. The average molecular weight is 550 g/mol. The number of ketones is 1. The van der Waals surface area contributed by atoms with E-state index in [4.69, 9.17) is 16.0 Å². The normalized spacial score (nSPS) is 11.0. The van der Waals surface area contributed by atoms with Crippen molar-refractivity contribution in [2.24, 2.45) is 17.2 Å². The number of hydrogen-bond donors (Lipinski definition) is 4. The van der Waals surface area contributed by atoms with Gasteiger partial charge in [-0.2, -0.15) is 0 Å². The van der Waals surface area contributed by atoms with Crippen LogP contribution in [0.15, 0.2) is 65.2 Å². The molecule has 0 radical (unpaired) electrons. The predicted octanol–water partition coefficient (Wildman–Crippen LogP) is 2.41. The van der Waals surface area contributed by atoms with Crippen LogP contribution in [0.1, 0.15) is 51.2 Å². The lowest BCUT2D eigenvalue weighted by Gasteiger charge is -2.16. The smallest absolute Gasteiger partial charge is 0.221 e. The first-order valence-corrected chi connectivity index (χ1v) is 12.9. The molecule has 0 saturated carbocycles. The van der Waals surface area contributed by atoms with Crippen LogP contribution in [0.3, 0.4) is 0 Å². The zero-order valence-electron chi connectivity index (χ0n) is 22.4. The molecule has 1 atom stereocenters. The van der Waals surface area contributed by atoms with Crippen LogP contribution < -0.4 is 22.5 Å². The summed E-state index contributed by atoms with van der Waals surface area (Å²) >= 11 is 0. The highest BCUT2D eigenvalue weighted by Crippen LogP contribution is 2.25. The maximum atomic E-state index is 12.4. The lowest BCUT2D eigenvalue weighted by atomic mass is 10.0. The van der Waals surface area contributed by atoms with E-state index in [1.807, 2.05) is 54.6 Å². The van der Waals surface area contributed by atoms with Crippen molar-refractivity contribution in [3.05, 3.63) is 66.4 Å². The van der Waals surface area contributed by atoms with Crippen molar-refractivity contribution in [2.75, 3.05) is 0 Å². The van der Waals surface area contributed by atoms with Gasteiger partial charge in [0.2, 0.25) is 23.6 Å². The Kier molecular flexibility index (Phi) is 12.7. The van der Waals surface area contributed by atoms with E-state index in [0.717, 1.165) is 16.7 Å². The number of carbonyl (C=O) groups excluding carboxylic acids is 5. The minimum absolute atomic E-state index is 0.0533. The molecule has 1 aromatic heterocycles. The number of rotatable bonds is 14. The molecule has 0 aliphatic carbocycles. The summed E-state index contributed by atoms with van der Waals surface area (Å²) < 4.78 is 5.37. The highest BCUT2D eigenvalue weighted by Gasteiger charge is 2.22. The van der Waals surface area contributed by atoms with Gasteiger partial charge in [-0.3, -0.25) is 24.0 Å². The van der Waals surface area contributed by atoms with Crippen molar-refractivity contribution in [1.82, 2.24) is 10.5 Å². The molecule has 0 aliphatic heterocycles. The van der Waals surface area contributed by atoms with Gasteiger partial charge in [-0.25, -0.2) is 0 Å². The van der Waals surface area contributed by atoms with Gasteiger partial charge in [0.1, 0.15) is 11.5 Å². The maximum Gasteiger partial charge on any atom is 0.221 e. The highest BCUT2D eigenvalue weighted by molar-refractivity contribution is 5.91. The third kappa shape index (κ3) is 11.3. The fourth-order valence-corrected chi connectivity index (χ4v) is 3.55. The zero-order valence-corrected chi connectivity index (χ0v) is 22.4. The van der Waals surface area contributed by atoms with Crippen molar-refractivity contribution in [3.8, 4) is 22.4 Å². The van der Waals surface area contributed by atoms with E-state index < -0.39 is 23.8 Å². The largest absolute Gasteiger partial charge is 0.370 e.